The van der Waals surface area contributed by atoms with Gasteiger partial charge in [0.1, 0.15) is 12.0 Å². The summed E-state index contributed by atoms with van der Waals surface area (Å²) in [6.45, 7) is 5.66. The van der Waals surface area contributed by atoms with Crippen LogP contribution in [0.2, 0.25) is 0 Å². The Balaban J connectivity index is 1.97. The number of anilines is 1. The maximum atomic E-state index is 13.0. The summed E-state index contributed by atoms with van der Waals surface area (Å²) in [6, 6.07) is 8.57. The fraction of sp³-hybridized carbons (Fsp3) is 0.318. The van der Waals surface area contributed by atoms with Gasteiger partial charge < -0.3 is 10.1 Å². The predicted octanol–water partition coefficient (Wildman–Crippen LogP) is 2.60. The fourth-order valence-electron chi connectivity index (χ4n) is 3.29. The maximum Gasteiger partial charge on any atom is 0.275 e. The van der Waals surface area contributed by atoms with Crippen molar-refractivity contribution in [2.45, 2.75) is 39.3 Å². The van der Waals surface area contributed by atoms with E-state index in [0.717, 1.165) is 23.0 Å². The zero-order chi connectivity index (χ0) is 22.7. The molecule has 1 atom stereocenters. The van der Waals surface area contributed by atoms with Crippen molar-refractivity contribution < 1.29 is 9.53 Å². The second kappa shape index (κ2) is 9.05. The minimum absolute atomic E-state index is 0.0432. The molecule has 3 rings (SSSR count). The van der Waals surface area contributed by atoms with Crippen molar-refractivity contribution in [3.8, 4) is 0 Å². The van der Waals surface area contributed by atoms with E-state index in [1.54, 1.807) is 19.2 Å². The zero-order valence-corrected chi connectivity index (χ0v) is 18.0. The molecule has 1 unspecified atom stereocenters. The highest BCUT2D eigenvalue weighted by molar-refractivity contribution is 5.91. The lowest BCUT2D eigenvalue weighted by Gasteiger charge is -2.16. The number of hydrogen-bond donors (Lipinski definition) is 3. The van der Waals surface area contributed by atoms with Gasteiger partial charge in [-0.3, -0.25) is 25.0 Å². The van der Waals surface area contributed by atoms with Crippen molar-refractivity contribution in [2.75, 3.05) is 12.4 Å². The van der Waals surface area contributed by atoms with Gasteiger partial charge in [0.25, 0.3) is 5.56 Å². The van der Waals surface area contributed by atoms with Crippen LogP contribution in [0.5, 0.6) is 0 Å². The minimum atomic E-state index is -0.428. The quantitative estimate of drug-likeness (QED) is 0.400. The third kappa shape index (κ3) is 4.61. The first-order valence-corrected chi connectivity index (χ1v) is 9.89. The molecule has 3 N–H and O–H groups in total. The van der Waals surface area contributed by atoms with Gasteiger partial charge in [0.15, 0.2) is 0 Å². The normalized spacial score (nSPS) is 12.2. The van der Waals surface area contributed by atoms with Gasteiger partial charge in [-0.15, -0.1) is 0 Å². The summed E-state index contributed by atoms with van der Waals surface area (Å²) < 4.78 is 7.82. The van der Waals surface area contributed by atoms with Crippen LogP contribution in [0, 0.1) is 10.8 Å². The molecule has 0 bridgehead atoms. The van der Waals surface area contributed by atoms with Crippen molar-refractivity contribution in [2.24, 2.45) is 0 Å². The number of fused-ring (bicyclic) bond motifs is 1. The van der Waals surface area contributed by atoms with E-state index < -0.39 is 5.91 Å². The monoisotopic (exact) mass is 422 g/mol. The maximum absolute atomic E-state index is 13.0. The Morgan fingerprint density at radius 3 is 2.61 bits per heavy atom. The summed E-state index contributed by atoms with van der Waals surface area (Å²) in [6.07, 6.45) is 2.32. The van der Waals surface area contributed by atoms with Gasteiger partial charge in [0.2, 0.25) is 5.91 Å². The second-order valence-electron chi connectivity index (χ2n) is 7.57. The van der Waals surface area contributed by atoms with Crippen LogP contribution in [-0.4, -0.2) is 33.7 Å². The fourth-order valence-corrected chi connectivity index (χ4v) is 3.29. The number of methoxy groups -OCH3 is 1. The average Bonchev–Trinajstić information content (AvgIpc) is 2.75. The van der Waals surface area contributed by atoms with E-state index in [0.29, 0.717) is 11.1 Å². The number of ether oxygens (including phenoxy) is 1. The number of pyridine rings is 1. The van der Waals surface area contributed by atoms with Gasteiger partial charge in [-0.2, -0.15) is 5.10 Å². The van der Waals surface area contributed by atoms with E-state index in [2.05, 4.69) is 10.4 Å². The number of aromatic nitrogens is 3. The van der Waals surface area contributed by atoms with E-state index in [1.807, 2.05) is 32.9 Å². The summed E-state index contributed by atoms with van der Waals surface area (Å²) in [4.78, 5) is 25.6. The van der Waals surface area contributed by atoms with Gasteiger partial charge in [-0.1, -0.05) is 19.9 Å². The topological polar surface area (TPSA) is 126 Å². The summed E-state index contributed by atoms with van der Waals surface area (Å²) in [5.74, 6) is -0.385. The highest BCUT2D eigenvalue weighted by Crippen LogP contribution is 2.25. The van der Waals surface area contributed by atoms with Gasteiger partial charge in [-0.25, -0.2) is 4.68 Å². The molecular weight excluding hydrogens is 396 g/mol. The summed E-state index contributed by atoms with van der Waals surface area (Å²) in [5, 5.41) is 23.4. The number of carbonyl (C=O) groups is 1. The molecule has 0 fully saturated rings. The molecule has 3 aromatic rings. The molecule has 0 saturated heterocycles. The Bertz CT molecular complexity index is 1260. The summed E-state index contributed by atoms with van der Waals surface area (Å²) in [7, 11) is 1.63. The second-order valence-corrected chi connectivity index (χ2v) is 7.57. The van der Waals surface area contributed by atoms with E-state index in [4.69, 9.17) is 15.6 Å². The third-order valence-electron chi connectivity index (χ3n) is 5.08. The number of nitrogens with zero attached hydrogens (tertiary/aromatic N) is 3. The Hall–Kier alpha value is -3.59. The van der Waals surface area contributed by atoms with Gasteiger partial charge >= 0.3 is 0 Å². The highest BCUT2D eigenvalue weighted by atomic mass is 16.5. The third-order valence-corrected chi connectivity index (χ3v) is 5.08. The van der Waals surface area contributed by atoms with Crippen molar-refractivity contribution >= 4 is 28.7 Å². The van der Waals surface area contributed by atoms with Crippen LogP contribution in [0.15, 0.2) is 41.3 Å². The molecule has 0 aliphatic rings. The molecule has 162 valence electrons. The molecule has 31 heavy (non-hydrogen) atoms. The van der Waals surface area contributed by atoms with E-state index in [1.165, 1.54) is 21.5 Å². The predicted molar refractivity (Wildman–Crippen MR) is 119 cm³/mol. The molecule has 0 radical (unpaired) electrons. The Kier molecular flexibility index (Phi) is 6.45. The number of nitrogens with one attached hydrogen (secondary N) is 3. The Morgan fingerprint density at radius 1 is 1.23 bits per heavy atom. The molecule has 2 aromatic heterocycles. The number of amides is 1. The van der Waals surface area contributed by atoms with E-state index in [9.17, 15) is 9.59 Å². The number of hydrogen-bond acceptors (Lipinski definition) is 6. The summed E-state index contributed by atoms with van der Waals surface area (Å²) in [5.41, 5.74) is 1.87. The molecule has 0 aliphatic heterocycles. The van der Waals surface area contributed by atoms with E-state index >= 15 is 0 Å². The molecule has 0 saturated carbocycles. The number of rotatable bonds is 7. The molecule has 1 aromatic carbocycles. The zero-order valence-electron chi connectivity index (χ0n) is 18.0. The largest absolute Gasteiger partial charge is 0.377 e. The lowest BCUT2D eigenvalue weighted by atomic mass is 9.99. The Morgan fingerprint density at radius 2 is 1.97 bits per heavy atom. The first-order chi connectivity index (χ1) is 14.7. The van der Waals surface area contributed by atoms with Crippen LogP contribution in [0.25, 0.3) is 10.8 Å². The van der Waals surface area contributed by atoms with Gasteiger partial charge in [-0.05, 0) is 42.7 Å². The molecule has 1 amide bonds. The number of carbonyl (C=O) groups excluding carboxylic acids is 1. The molecule has 2 heterocycles. The molecule has 9 nitrogen and oxygen atoms in total. The van der Waals surface area contributed by atoms with Crippen molar-refractivity contribution in [3.05, 3.63) is 63.6 Å². The van der Waals surface area contributed by atoms with Crippen LogP contribution in [0.4, 0.5) is 5.69 Å². The lowest BCUT2D eigenvalue weighted by molar-refractivity contribution is -0.117. The first kappa shape index (κ1) is 22.1. The molecule has 9 heteroatoms. The van der Waals surface area contributed by atoms with Crippen molar-refractivity contribution in [3.63, 3.8) is 0 Å². The van der Waals surface area contributed by atoms with Crippen LogP contribution >= 0.6 is 0 Å². The van der Waals surface area contributed by atoms with Crippen LogP contribution < -0.4 is 16.4 Å². The average molecular weight is 422 g/mol. The van der Waals surface area contributed by atoms with Crippen LogP contribution in [0.3, 0.4) is 0 Å². The smallest absolute Gasteiger partial charge is 0.275 e. The van der Waals surface area contributed by atoms with Gasteiger partial charge in [0.05, 0.1) is 29.2 Å². The Labute approximate surface area is 179 Å². The lowest BCUT2D eigenvalue weighted by Crippen LogP contribution is -2.31. The SMILES string of the molecule is COC(C)c1ccc2c(=O)n(CC(=O)Nc3ccc(=N)n(C=N)c3)nc(C(C)C)c2c1. The first-order valence-electron chi connectivity index (χ1n) is 9.89. The standard InChI is InChI=1S/C22H26N6O3/c1-13(2)21-18-9-15(14(3)31-4)5-7-17(18)22(30)28(26-21)11-20(29)25-16-6-8-19(24)27(10-16)12-23/h5-10,12-14,23-24H,11H2,1-4H3,(H,25,29). The van der Waals surface area contributed by atoms with Gasteiger partial charge in [0, 0.05) is 18.7 Å². The van der Waals surface area contributed by atoms with Crippen LogP contribution in [0.1, 0.15) is 44.1 Å². The molecular formula is C22H26N6O3. The minimum Gasteiger partial charge on any atom is -0.377 e. The van der Waals surface area contributed by atoms with Crippen LogP contribution in [-0.2, 0) is 16.1 Å². The summed E-state index contributed by atoms with van der Waals surface area (Å²) >= 11 is 0. The number of benzene rings is 1. The van der Waals surface area contributed by atoms with E-state index in [-0.39, 0.29) is 29.6 Å². The van der Waals surface area contributed by atoms with Crippen molar-refractivity contribution in [1.29, 1.82) is 10.8 Å². The molecule has 0 aliphatic carbocycles. The van der Waals surface area contributed by atoms with Crippen molar-refractivity contribution in [1.82, 2.24) is 14.3 Å². The molecule has 0 spiro atoms. The highest BCUT2D eigenvalue weighted by Gasteiger charge is 2.17.